The molecule has 100 valence electrons. The predicted octanol–water partition coefficient (Wildman–Crippen LogP) is 3.74. The van der Waals surface area contributed by atoms with Crippen LogP contribution < -0.4 is 4.74 Å². The van der Waals surface area contributed by atoms with Gasteiger partial charge in [0.2, 0.25) is 0 Å². The molecule has 0 N–H and O–H groups in total. The summed E-state index contributed by atoms with van der Waals surface area (Å²) in [5.41, 5.74) is 3.39. The van der Waals surface area contributed by atoms with Gasteiger partial charge in [0.1, 0.15) is 17.6 Å². The molecule has 0 bridgehead atoms. The summed E-state index contributed by atoms with van der Waals surface area (Å²) in [6, 6.07) is 6.38. The maximum atomic E-state index is 11.0. The number of carbonyl (C=O) groups is 1. The van der Waals surface area contributed by atoms with E-state index in [0.29, 0.717) is 0 Å². The molecule has 0 saturated heterocycles. The number of aldehydes is 1. The average molecular weight is 256 g/mol. The van der Waals surface area contributed by atoms with Gasteiger partial charge in [0, 0.05) is 16.9 Å². The Morgan fingerprint density at radius 3 is 2.68 bits per heavy atom. The minimum atomic E-state index is -0.260. The van der Waals surface area contributed by atoms with Crippen molar-refractivity contribution in [3.63, 3.8) is 0 Å². The zero-order valence-electron chi connectivity index (χ0n) is 12.0. The van der Waals surface area contributed by atoms with E-state index in [1.807, 2.05) is 0 Å². The van der Waals surface area contributed by atoms with Crippen molar-refractivity contribution >= 4 is 11.9 Å². The number of carbonyl (C=O) groups excluding carboxylic acids is 1. The summed E-state index contributed by atoms with van der Waals surface area (Å²) in [5, 5.41) is 0. The van der Waals surface area contributed by atoms with Crippen molar-refractivity contribution in [2.75, 3.05) is 0 Å². The first-order chi connectivity index (χ1) is 8.86. The predicted molar refractivity (Wildman–Crippen MR) is 76.3 cm³/mol. The smallest absolute Gasteiger partial charge is 0.128 e. The van der Waals surface area contributed by atoms with Gasteiger partial charge in [0.05, 0.1) is 0 Å². The minimum Gasteiger partial charge on any atom is -0.483 e. The van der Waals surface area contributed by atoms with E-state index < -0.39 is 0 Å². The summed E-state index contributed by atoms with van der Waals surface area (Å²) in [7, 11) is 0. The Morgan fingerprint density at radius 1 is 1.32 bits per heavy atom. The zero-order valence-corrected chi connectivity index (χ0v) is 12.0. The molecule has 3 rings (SSSR count). The highest BCUT2D eigenvalue weighted by atomic mass is 16.5. The molecule has 0 unspecified atom stereocenters. The van der Waals surface area contributed by atoms with Gasteiger partial charge in [-0.15, -0.1) is 0 Å². The fourth-order valence-electron chi connectivity index (χ4n) is 3.13. The largest absolute Gasteiger partial charge is 0.483 e. The Labute approximate surface area is 114 Å². The Morgan fingerprint density at radius 2 is 2.05 bits per heavy atom. The monoisotopic (exact) mass is 256 g/mol. The van der Waals surface area contributed by atoms with Crippen LogP contribution in [-0.4, -0.2) is 11.9 Å². The SMILES string of the molecule is CC1=CC(C)(C)Oc2cc([C@@]3(C)C[C@H]3C=O)ccc21. The summed E-state index contributed by atoms with van der Waals surface area (Å²) < 4.78 is 6.06. The van der Waals surface area contributed by atoms with Gasteiger partial charge in [-0.3, -0.25) is 0 Å². The van der Waals surface area contributed by atoms with E-state index in [-0.39, 0.29) is 16.9 Å². The first-order valence-corrected chi connectivity index (χ1v) is 6.84. The molecule has 0 spiro atoms. The molecule has 1 aromatic rings. The first kappa shape index (κ1) is 12.5. The second-order valence-corrected chi connectivity index (χ2v) is 6.61. The average Bonchev–Trinajstić information content (AvgIpc) is 3.00. The third-order valence-corrected chi connectivity index (χ3v) is 4.47. The molecule has 2 nitrogen and oxygen atoms in total. The summed E-state index contributed by atoms with van der Waals surface area (Å²) in [5.74, 6) is 1.11. The molecule has 1 fully saturated rings. The van der Waals surface area contributed by atoms with Crippen LogP contribution in [0.1, 0.15) is 45.2 Å². The Balaban J connectivity index is 2.02. The highest BCUT2D eigenvalue weighted by Crippen LogP contribution is 2.54. The van der Waals surface area contributed by atoms with Gasteiger partial charge in [0.15, 0.2) is 0 Å². The van der Waals surface area contributed by atoms with Gasteiger partial charge in [-0.05, 0) is 50.5 Å². The molecular weight excluding hydrogens is 236 g/mol. The topological polar surface area (TPSA) is 26.3 Å². The van der Waals surface area contributed by atoms with E-state index in [4.69, 9.17) is 4.74 Å². The number of benzene rings is 1. The normalized spacial score (nSPS) is 30.9. The zero-order chi connectivity index (χ0) is 13.8. The van der Waals surface area contributed by atoms with Gasteiger partial charge < -0.3 is 9.53 Å². The standard InChI is InChI=1S/C17H20O2/c1-11-8-16(2,3)19-15-7-12(5-6-14(11)15)17(4)9-13(17)10-18/h5-8,10,13H,9H2,1-4H3/t13-,17+/m0/s1. The van der Waals surface area contributed by atoms with Crippen molar-refractivity contribution in [3.05, 3.63) is 35.4 Å². The molecule has 1 aromatic carbocycles. The molecule has 1 saturated carbocycles. The second-order valence-electron chi connectivity index (χ2n) is 6.61. The molecule has 1 aliphatic carbocycles. The van der Waals surface area contributed by atoms with E-state index in [9.17, 15) is 4.79 Å². The van der Waals surface area contributed by atoms with Gasteiger partial charge in [-0.2, -0.15) is 0 Å². The molecule has 19 heavy (non-hydrogen) atoms. The van der Waals surface area contributed by atoms with Crippen LogP contribution in [-0.2, 0) is 10.2 Å². The maximum Gasteiger partial charge on any atom is 0.128 e. The molecule has 0 amide bonds. The first-order valence-electron chi connectivity index (χ1n) is 6.84. The number of fused-ring (bicyclic) bond motifs is 1. The third-order valence-electron chi connectivity index (χ3n) is 4.47. The van der Waals surface area contributed by atoms with Gasteiger partial charge in [-0.25, -0.2) is 0 Å². The van der Waals surface area contributed by atoms with Crippen LogP contribution in [0.3, 0.4) is 0 Å². The van der Waals surface area contributed by atoms with Crippen LogP contribution in [0, 0.1) is 5.92 Å². The molecule has 2 atom stereocenters. The van der Waals surface area contributed by atoms with Gasteiger partial charge in [-0.1, -0.05) is 19.1 Å². The fourth-order valence-corrected chi connectivity index (χ4v) is 3.13. The lowest BCUT2D eigenvalue weighted by atomic mass is 9.90. The molecule has 2 aliphatic rings. The highest BCUT2D eigenvalue weighted by molar-refractivity contribution is 5.73. The Bertz CT molecular complexity index is 583. The lowest BCUT2D eigenvalue weighted by molar-refractivity contribution is -0.109. The summed E-state index contributed by atoms with van der Waals surface area (Å²) in [6.07, 6.45) is 4.19. The van der Waals surface area contributed by atoms with Crippen LogP contribution in [0.4, 0.5) is 0 Å². The van der Waals surface area contributed by atoms with Crippen molar-refractivity contribution in [2.45, 2.75) is 45.1 Å². The van der Waals surface area contributed by atoms with Crippen LogP contribution in [0.5, 0.6) is 5.75 Å². The van der Waals surface area contributed by atoms with Crippen LogP contribution in [0.15, 0.2) is 24.3 Å². The van der Waals surface area contributed by atoms with Crippen LogP contribution in [0.25, 0.3) is 5.57 Å². The van der Waals surface area contributed by atoms with Crippen LogP contribution in [0.2, 0.25) is 0 Å². The van der Waals surface area contributed by atoms with Crippen molar-refractivity contribution in [1.82, 2.24) is 0 Å². The molecule has 0 radical (unpaired) electrons. The number of ether oxygens (including phenoxy) is 1. The summed E-state index contributed by atoms with van der Waals surface area (Å²) >= 11 is 0. The van der Waals surface area contributed by atoms with E-state index in [2.05, 4.69) is 52.0 Å². The van der Waals surface area contributed by atoms with E-state index >= 15 is 0 Å². The minimum absolute atomic E-state index is 0.0132. The van der Waals surface area contributed by atoms with E-state index in [1.165, 1.54) is 11.1 Å². The van der Waals surface area contributed by atoms with Crippen molar-refractivity contribution in [3.8, 4) is 5.75 Å². The lowest BCUT2D eigenvalue weighted by Crippen LogP contribution is -2.28. The Hall–Kier alpha value is -1.57. The number of allylic oxidation sites excluding steroid dienone is 1. The van der Waals surface area contributed by atoms with Gasteiger partial charge in [0.25, 0.3) is 0 Å². The quantitative estimate of drug-likeness (QED) is 0.753. The van der Waals surface area contributed by atoms with Gasteiger partial charge >= 0.3 is 0 Å². The van der Waals surface area contributed by atoms with Crippen molar-refractivity contribution in [1.29, 1.82) is 0 Å². The second kappa shape index (κ2) is 3.72. The Kier molecular flexibility index (Phi) is 2.44. The van der Waals surface area contributed by atoms with Crippen molar-refractivity contribution < 1.29 is 9.53 Å². The summed E-state index contributed by atoms with van der Waals surface area (Å²) in [6.45, 7) is 8.42. The molecular formula is C17H20O2. The van der Waals surface area contributed by atoms with E-state index in [1.54, 1.807) is 0 Å². The van der Waals surface area contributed by atoms with Crippen molar-refractivity contribution in [2.24, 2.45) is 5.92 Å². The van der Waals surface area contributed by atoms with E-state index in [0.717, 1.165) is 24.0 Å². The van der Waals surface area contributed by atoms with Crippen LogP contribution >= 0.6 is 0 Å². The molecule has 0 aromatic heterocycles. The number of rotatable bonds is 2. The number of hydrogen-bond acceptors (Lipinski definition) is 2. The third kappa shape index (κ3) is 1.90. The highest BCUT2D eigenvalue weighted by Gasteiger charge is 2.51. The summed E-state index contributed by atoms with van der Waals surface area (Å²) in [4.78, 5) is 11.0. The number of hydrogen-bond donors (Lipinski definition) is 0. The molecule has 1 aliphatic heterocycles. The molecule has 1 heterocycles. The lowest BCUT2D eigenvalue weighted by Gasteiger charge is -2.31. The fraction of sp³-hybridized carbons (Fsp3) is 0.471. The maximum absolute atomic E-state index is 11.0. The molecule has 2 heteroatoms.